The van der Waals surface area contributed by atoms with Crippen LogP contribution in [0.15, 0.2) is 53.4 Å². The zero-order valence-corrected chi connectivity index (χ0v) is 15.7. The molecule has 0 radical (unpaired) electrons. The second-order valence-electron chi connectivity index (χ2n) is 6.75. The van der Waals surface area contributed by atoms with Crippen LogP contribution in [0.2, 0.25) is 0 Å². The Hall–Kier alpha value is -2.69. The largest absolute Gasteiger partial charge is 0.366 e. The van der Waals surface area contributed by atoms with Crippen LogP contribution in [0.1, 0.15) is 34.3 Å². The molecule has 0 saturated carbocycles. The number of piperidine rings is 1. The minimum absolute atomic E-state index is 0.224. The van der Waals surface area contributed by atoms with Crippen molar-refractivity contribution in [2.24, 2.45) is 11.7 Å². The van der Waals surface area contributed by atoms with Gasteiger partial charge in [-0.25, -0.2) is 8.42 Å². The summed E-state index contributed by atoms with van der Waals surface area (Å²) in [7, 11) is -3.53. The standard InChI is InChI=1S/C20H21N3O3S/c21-14-17-3-7-19(8-4-17)27(25,26)23-11-9-16(10-12-23)13-15-1-5-18(6-2-15)20(22)24/h1-8,16H,9-13H2,(H2,22,24). The molecule has 27 heavy (non-hydrogen) atoms. The monoisotopic (exact) mass is 383 g/mol. The molecular weight excluding hydrogens is 362 g/mol. The van der Waals surface area contributed by atoms with Gasteiger partial charge in [-0.2, -0.15) is 9.57 Å². The van der Waals surface area contributed by atoms with Gasteiger partial charge in [-0.15, -0.1) is 0 Å². The average Bonchev–Trinajstić information content (AvgIpc) is 2.69. The molecule has 0 atom stereocenters. The number of carbonyl (C=O) groups is 1. The van der Waals surface area contributed by atoms with E-state index in [2.05, 4.69) is 0 Å². The van der Waals surface area contributed by atoms with Crippen molar-refractivity contribution in [3.63, 3.8) is 0 Å². The molecule has 1 amide bonds. The lowest BCUT2D eigenvalue weighted by Crippen LogP contribution is -2.38. The highest BCUT2D eigenvalue weighted by Gasteiger charge is 2.29. The van der Waals surface area contributed by atoms with Gasteiger partial charge in [0.1, 0.15) is 0 Å². The molecule has 0 aliphatic carbocycles. The van der Waals surface area contributed by atoms with E-state index >= 15 is 0 Å². The van der Waals surface area contributed by atoms with Crippen molar-refractivity contribution in [1.82, 2.24) is 4.31 Å². The fraction of sp³-hybridized carbons (Fsp3) is 0.300. The van der Waals surface area contributed by atoms with Crippen LogP contribution in [0.3, 0.4) is 0 Å². The van der Waals surface area contributed by atoms with Crippen molar-refractivity contribution >= 4 is 15.9 Å². The van der Waals surface area contributed by atoms with Gasteiger partial charge in [0.05, 0.1) is 16.5 Å². The van der Waals surface area contributed by atoms with Gasteiger partial charge >= 0.3 is 0 Å². The fourth-order valence-corrected chi connectivity index (χ4v) is 4.81. The maximum Gasteiger partial charge on any atom is 0.248 e. The molecule has 0 spiro atoms. The SMILES string of the molecule is N#Cc1ccc(S(=O)(=O)N2CCC(Cc3ccc(C(N)=O)cc3)CC2)cc1. The van der Waals surface area contributed by atoms with E-state index in [0.29, 0.717) is 30.1 Å². The molecule has 1 fully saturated rings. The molecule has 1 aliphatic rings. The Morgan fingerprint density at radius 1 is 1.07 bits per heavy atom. The Morgan fingerprint density at radius 3 is 2.19 bits per heavy atom. The molecule has 2 aromatic rings. The van der Waals surface area contributed by atoms with Gasteiger partial charge in [0, 0.05) is 18.7 Å². The molecule has 3 rings (SSSR count). The van der Waals surface area contributed by atoms with Gasteiger partial charge in [-0.3, -0.25) is 4.79 Å². The van der Waals surface area contributed by atoms with Gasteiger partial charge in [-0.1, -0.05) is 12.1 Å². The molecule has 7 heteroatoms. The van der Waals surface area contributed by atoms with Crippen LogP contribution in [0.5, 0.6) is 0 Å². The summed E-state index contributed by atoms with van der Waals surface area (Å²) in [5, 5.41) is 8.84. The minimum atomic E-state index is -3.53. The quantitative estimate of drug-likeness (QED) is 0.855. The molecule has 1 saturated heterocycles. The number of hydrogen-bond acceptors (Lipinski definition) is 4. The molecule has 0 bridgehead atoms. The lowest BCUT2D eigenvalue weighted by Gasteiger charge is -2.31. The molecule has 2 N–H and O–H groups in total. The summed E-state index contributed by atoms with van der Waals surface area (Å²) in [5.41, 5.74) is 7.30. The number of amides is 1. The van der Waals surface area contributed by atoms with E-state index in [1.807, 2.05) is 18.2 Å². The summed E-state index contributed by atoms with van der Waals surface area (Å²) in [5.74, 6) is -0.0419. The van der Waals surface area contributed by atoms with E-state index in [1.165, 1.54) is 28.6 Å². The van der Waals surface area contributed by atoms with Crippen LogP contribution in [-0.4, -0.2) is 31.7 Å². The molecule has 140 valence electrons. The number of carbonyl (C=O) groups excluding carboxylic acids is 1. The highest BCUT2D eigenvalue weighted by Crippen LogP contribution is 2.26. The molecule has 0 aromatic heterocycles. The predicted octanol–water partition coefficient (Wildman–Crippen LogP) is 2.30. The van der Waals surface area contributed by atoms with Gasteiger partial charge in [-0.05, 0) is 67.1 Å². The van der Waals surface area contributed by atoms with E-state index in [0.717, 1.165) is 24.8 Å². The maximum atomic E-state index is 12.8. The van der Waals surface area contributed by atoms with Crippen molar-refractivity contribution in [2.45, 2.75) is 24.2 Å². The van der Waals surface area contributed by atoms with E-state index < -0.39 is 15.9 Å². The molecular formula is C20H21N3O3S. The van der Waals surface area contributed by atoms with Crippen LogP contribution in [0.25, 0.3) is 0 Å². The lowest BCUT2D eigenvalue weighted by molar-refractivity contribution is 0.100. The Bertz CT molecular complexity index is 953. The number of nitrogens with zero attached hydrogens (tertiary/aromatic N) is 2. The number of nitrogens with two attached hydrogens (primary N) is 1. The summed E-state index contributed by atoms with van der Waals surface area (Å²) in [4.78, 5) is 11.4. The van der Waals surface area contributed by atoms with Gasteiger partial charge in [0.15, 0.2) is 0 Å². The summed E-state index contributed by atoms with van der Waals surface area (Å²) < 4.78 is 27.0. The minimum Gasteiger partial charge on any atom is -0.366 e. The van der Waals surface area contributed by atoms with Gasteiger partial charge in [0.25, 0.3) is 0 Å². The van der Waals surface area contributed by atoms with Crippen molar-refractivity contribution in [2.75, 3.05) is 13.1 Å². The Morgan fingerprint density at radius 2 is 1.67 bits per heavy atom. The first kappa shape index (κ1) is 19.1. The maximum absolute atomic E-state index is 12.8. The van der Waals surface area contributed by atoms with Crippen molar-refractivity contribution < 1.29 is 13.2 Å². The zero-order chi connectivity index (χ0) is 19.4. The number of sulfonamides is 1. The second kappa shape index (κ2) is 7.91. The second-order valence-corrected chi connectivity index (χ2v) is 8.69. The predicted molar refractivity (Wildman–Crippen MR) is 101 cm³/mol. The first-order valence-electron chi connectivity index (χ1n) is 8.79. The van der Waals surface area contributed by atoms with Crippen molar-refractivity contribution in [3.05, 3.63) is 65.2 Å². The summed E-state index contributed by atoms with van der Waals surface area (Å²) in [6, 6.07) is 15.3. The van der Waals surface area contributed by atoms with Crippen molar-refractivity contribution in [3.8, 4) is 6.07 Å². The first-order chi connectivity index (χ1) is 12.9. The topological polar surface area (TPSA) is 104 Å². The van der Waals surface area contributed by atoms with E-state index in [9.17, 15) is 13.2 Å². The van der Waals surface area contributed by atoms with E-state index in [-0.39, 0.29) is 4.90 Å². The number of nitriles is 1. The Kier molecular flexibility index (Phi) is 5.59. The first-order valence-corrected chi connectivity index (χ1v) is 10.2. The number of benzene rings is 2. The lowest BCUT2D eigenvalue weighted by atomic mass is 9.91. The average molecular weight is 383 g/mol. The number of hydrogen-bond donors (Lipinski definition) is 1. The molecule has 6 nitrogen and oxygen atoms in total. The third-order valence-corrected chi connectivity index (χ3v) is 6.87. The smallest absolute Gasteiger partial charge is 0.248 e. The molecule has 0 unspecified atom stereocenters. The summed E-state index contributed by atoms with van der Waals surface area (Å²) in [6.45, 7) is 0.957. The number of primary amides is 1. The molecule has 1 aliphatic heterocycles. The Labute approximate surface area is 159 Å². The van der Waals surface area contributed by atoms with Crippen molar-refractivity contribution in [1.29, 1.82) is 5.26 Å². The summed E-state index contributed by atoms with van der Waals surface area (Å²) >= 11 is 0. The summed E-state index contributed by atoms with van der Waals surface area (Å²) in [6.07, 6.45) is 2.42. The highest BCUT2D eigenvalue weighted by atomic mass is 32.2. The Balaban J connectivity index is 1.60. The van der Waals surface area contributed by atoms with Crippen LogP contribution in [-0.2, 0) is 16.4 Å². The molecule has 1 heterocycles. The van der Waals surface area contributed by atoms with E-state index in [4.69, 9.17) is 11.0 Å². The van der Waals surface area contributed by atoms with E-state index in [1.54, 1.807) is 12.1 Å². The normalized spacial score (nSPS) is 16.0. The third kappa shape index (κ3) is 4.35. The van der Waals surface area contributed by atoms with Crippen LogP contribution in [0, 0.1) is 17.2 Å². The molecule has 2 aromatic carbocycles. The third-order valence-electron chi connectivity index (χ3n) is 4.96. The van der Waals surface area contributed by atoms with Crippen LogP contribution in [0.4, 0.5) is 0 Å². The fourth-order valence-electron chi connectivity index (χ4n) is 3.34. The van der Waals surface area contributed by atoms with Gasteiger partial charge < -0.3 is 5.73 Å². The van der Waals surface area contributed by atoms with Crippen LogP contribution >= 0.6 is 0 Å². The van der Waals surface area contributed by atoms with Gasteiger partial charge in [0.2, 0.25) is 15.9 Å². The zero-order valence-electron chi connectivity index (χ0n) is 14.8. The highest BCUT2D eigenvalue weighted by molar-refractivity contribution is 7.89. The number of rotatable bonds is 5. The van der Waals surface area contributed by atoms with Crippen LogP contribution < -0.4 is 5.73 Å².